The molecule has 0 saturated heterocycles. The van der Waals surface area contributed by atoms with Gasteiger partial charge in [0.1, 0.15) is 12.4 Å². The van der Waals surface area contributed by atoms with E-state index < -0.39 is 5.82 Å². The summed E-state index contributed by atoms with van der Waals surface area (Å²) >= 11 is 3.08. The molecule has 2 rings (SSSR count). The normalized spacial score (nSPS) is 15.2. The zero-order valence-corrected chi connectivity index (χ0v) is 12.0. The Bertz CT molecular complexity index is 521. The van der Waals surface area contributed by atoms with Crippen LogP contribution in [-0.2, 0) is 0 Å². The van der Waals surface area contributed by atoms with Gasteiger partial charge in [0, 0.05) is 11.6 Å². The third kappa shape index (κ3) is 3.13. The van der Waals surface area contributed by atoms with Crippen LogP contribution in [0.4, 0.5) is 4.39 Å². The highest BCUT2D eigenvalue weighted by atomic mass is 79.9. The number of rotatable bonds is 3. The third-order valence-electron chi connectivity index (χ3n) is 3.43. The van der Waals surface area contributed by atoms with Gasteiger partial charge in [-0.1, -0.05) is 12.8 Å². The van der Waals surface area contributed by atoms with Crippen molar-refractivity contribution in [3.63, 3.8) is 0 Å². The van der Waals surface area contributed by atoms with Crippen molar-refractivity contribution < 1.29 is 9.18 Å². The van der Waals surface area contributed by atoms with Gasteiger partial charge in [0.05, 0.1) is 10.5 Å². The maximum absolute atomic E-state index is 13.2. The van der Waals surface area contributed by atoms with Crippen LogP contribution < -0.4 is 0 Å². The first kappa shape index (κ1) is 14.0. The van der Waals surface area contributed by atoms with Crippen LogP contribution in [0.15, 0.2) is 22.7 Å². The Balaban J connectivity index is 2.23. The molecule has 1 aromatic carbocycles. The number of carbonyl (C=O) groups excluding carboxylic acids is 1. The minimum absolute atomic E-state index is 0.0818. The Morgan fingerprint density at radius 3 is 2.74 bits per heavy atom. The van der Waals surface area contributed by atoms with Gasteiger partial charge in [0.2, 0.25) is 0 Å². The summed E-state index contributed by atoms with van der Waals surface area (Å²) in [5, 5.41) is 8.88. The molecule has 0 aliphatic heterocycles. The maximum Gasteiger partial charge on any atom is 0.255 e. The van der Waals surface area contributed by atoms with Gasteiger partial charge in [0.15, 0.2) is 0 Å². The van der Waals surface area contributed by atoms with E-state index in [4.69, 9.17) is 5.26 Å². The molecule has 100 valence electrons. The molecule has 0 N–H and O–H groups in total. The molecule has 1 aromatic rings. The number of hydrogen-bond donors (Lipinski definition) is 0. The predicted molar refractivity (Wildman–Crippen MR) is 73.0 cm³/mol. The fourth-order valence-corrected chi connectivity index (χ4v) is 2.83. The Morgan fingerprint density at radius 1 is 1.47 bits per heavy atom. The SMILES string of the molecule is N#CCN(C(=O)c1ccc(F)c(Br)c1)C1CCCC1. The van der Waals surface area contributed by atoms with Crippen molar-refractivity contribution in [3.8, 4) is 6.07 Å². The van der Waals surface area contributed by atoms with Crippen molar-refractivity contribution in [1.82, 2.24) is 4.90 Å². The summed E-state index contributed by atoms with van der Waals surface area (Å²) in [4.78, 5) is 14.0. The van der Waals surface area contributed by atoms with Gasteiger partial charge in [-0.15, -0.1) is 0 Å². The topological polar surface area (TPSA) is 44.1 Å². The highest BCUT2D eigenvalue weighted by Crippen LogP contribution is 2.25. The number of nitriles is 1. The molecule has 1 saturated carbocycles. The number of carbonyl (C=O) groups is 1. The summed E-state index contributed by atoms with van der Waals surface area (Å²) in [6.45, 7) is 0.0818. The van der Waals surface area contributed by atoms with Gasteiger partial charge >= 0.3 is 0 Å². The summed E-state index contributed by atoms with van der Waals surface area (Å²) in [5.41, 5.74) is 0.412. The van der Waals surface area contributed by atoms with E-state index in [2.05, 4.69) is 15.9 Å². The lowest BCUT2D eigenvalue weighted by atomic mass is 10.1. The van der Waals surface area contributed by atoms with E-state index in [1.165, 1.54) is 18.2 Å². The molecule has 0 aromatic heterocycles. The Labute approximate surface area is 120 Å². The van der Waals surface area contributed by atoms with Crippen LogP contribution in [0, 0.1) is 17.1 Å². The Kier molecular flexibility index (Phi) is 4.54. The highest BCUT2D eigenvalue weighted by Gasteiger charge is 2.27. The summed E-state index contributed by atoms with van der Waals surface area (Å²) in [5.74, 6) is -0.599. The van der Waals surface area contributed by atoms with Crippen molar-refractivity contribution in [2.24, 2.45) is 0 Å². The Morgan fingerprint density at radius 2 is 2.16 bits per heavy atom. The lowest BCUT2D eigenvalue weighted by molar-refractivity contribution is 0.0709. The lowest BCUT2D eigenvalue weighted by Crippen LogP contribution is -2.39. The van der Waals surface area contributed by atoms with E-state index in [1.54, 1.807) is 4.90 Å². The lowest BCUT2D eigenvalue weighted by Gasteiger charge is -2.26. The van der Waals surface area contributed by atoms with Gasteiger partial charge in [-0.2, -0.15) is 5.26 Å². The Hall–Kier alpha value is -1.41. The van der Waals surface area contributed by atoms with Crippen LogP contribution in [0.1, 0.15) is 36.0 Å². The number of benzene rings is 1. The molecule has 0 atom stereocenters. The number of halogens is 2. The molecule has 3 nitrogen and oxygen atoms in total. The van der Waals surface area contributed by atoms with Gasteiger partial charge in [-0.25, -0.2) is 4.39 Å². The van der Waals surface area contributed by atoms with Crippen molar-refractivity contribution in [3.05, 3.63) is 34.1 Å². The molecular formula is C14H14BrFN2O. The fourth-order valence-electron chi connectivity index (χ4n) is 2.45. The van der Waals surface area contributed by atoms with E-state index in [1.807, 2.05) is 6.07 Å². The summed E-state index contributed by atoms with van der Waals surface area (Å²) in [7, 11) is 0. The largest absolute Gasteiger partial charge is 0.322 e. The smallest absolute Gasteiger partial charge is 0.255 e. The molecule has 0 spiro atoms. The van der Waals surface area contributed by atoms with Crippen LogP contribution in [0.3, 0.4) is 0 Å². The molecular weight excluding hydrogens is 311 g/mol. The fraction of sp³-hybridized carbons (Fsp3) is 0.429. The van der Waals surface area contributed by atoms with Crippen LogP contribution in [0.2, 0.25) is 0 Å². The van der Waals surface area contributed by atoms with Crippen molar-refractivity contribution >= 4 is 21.8 Å². The van der Waals surface area contributed by atoms with Crippen LogP contribution >= 0.6 is 15.9 Å². The average molecular weight is 325 g/mol. The third-order valence-corrected chi connectivity index (χ3v) is 4.04. The summed E-state index contributed by atoms with van der Waals surface area (Å²) in [6.07, 6.45) is 4.06. The highest BCUT2D eigenvalue weighted by molar-refractivity contribution is 9.10. The molecule has 1 aliphatic rings. The van der Waals surface area contributed by atoms with Crippen molar-refractivity contribution in [2.75, 3.05) is 6.54 Å². The van der Waals surface area contributed by atoms with Gasteiger partial charge in [-0.3, -0.25) is 4.79 Å². The molecule has 1 aliphatic carbocycles. The first-order valence-electron chi connectivity index (χ1n) is 6.26. The zero-order chi connectivity index (χ0) is 13.8. The van der Waals surface area contributed by atoms with Gasteiger partial charge in [-0.05, 0) is 47.0 Å². The van der Waals surface area contributed by atoms with Crippen LogP contribution in [-0.4, -0.2) is 23.4 Å². The van der Waals surface area contributed by atoms with E-state index in [0.717, 1.165) is 25.7 Å². The molecule has 19 heavy (non-hydrogen) atoms. The monoisotopic (exact) mass is 324 g/mol. The molecule has 5 heteroatoms. The first-order chi connectivity index (χ1) is 9.13. The van der Waals surface area contributed by atoms with Gasteiger partial charge < -0.3 is 4.90 Å². The van der Waals surface area contributed by atoms with E-state index >= 15 is 0 Å². The summed E-state index contributed by atoms with van der Waals surface area (Å²) in [6, 6.07) is 6.37. The van der Waals surface area contributed by atoms with E-state index in [-0.39, 0.29) is 23.0 Å². The van der Waals surface area contributed by atoms with Crippen molar-refractivity contribution in [2.45, 2.75) is 31.7 Å². The molecule has 1 amide bonds. The number of hydrogen-bond acceptors (Lipinski definition) is 2. The second kappa shape index (κ2) is 6.16. The minimum atomic E-state index is -0.399. The molecule has 0 radical (unpaired) electrons. The van der Waals surface area contributed by atoms with Gasteiger partial charge in [0.25, 0.3) is 5.91 Å². The van der Waals surface area contributed by atoms with Crippen LogP contribution in [0.25, 0.3) is 0 Å². The first-order valence-corrected chi connectivity index (χ1v) is 7.05. The minimum Gasteiger partial charge on any atom is -0.322 e. The van der Waals surface area contributed by atoms with Crippen molar-refractivity contribution in [1.29, 1.82) is 5.26 Å². The standard InChI is InChI=1S/C14H14BrFN2O/c15-12-9-10(5-6-13(12)16)14(19)18(8-7-17)11-3-1-2-4-11/h5-6,9,11H,1-4,8H2. The number of nitrogens with zero attached hydrogens (tertiary/aromatic N) is 2. The number of amides is 1. The quantitative estimate of drug-likeness (QED) is 0.799. The average Bonchev–Trinajstić information content (AvgIpc) is 2.92. The summed E-state index contributed by atoms with van der Waals surface area (Å²) < 4.78 is 13.5. The second-order valence-corrected chi connectivity index (χ2v) is 5.51. The predicted octanol–water partition coefficient (Wildman–Crippen LogP) is 3.50. The molecule has 0 unspecified atom stereocenters. The second-order valence-electron chi connectivity index (χ2n) is 4.66. The molecule has 0 bridgehead atoms. The molecule has 0 heterocycles. The van der Waals surface area contributed by atoms with E-state index in [0.29, 0.717) is 5.56 Å². The zero-order valence-electron chi connectivity index (χ0n) is 10.4. The van der Waals surface area contributed by atoms with Crippen LogP contribution in [0.5, 0.6) is 0 Å². The van der Waals surface area contributed by atoms with E-state index in [9.17, 15) is 9.18 Å². The molecule has 1 fully saturated rings. The maximum atomic E-state index is 13.2.